The van der Waals surface area contributed by atoms with Crippen molar-refractivity contribution in [3.8, 4) is 0 Å². The molecule has 14 nitrogen and oxygen atoms in total. The lowest BCUT2D eigenvalue weighted by Gasteiger charge is -2.26. The monoisotopic (exact) mass is 517 g/mol. The van der Waals surface area contributed by atoms with Crippen molar-refractivity contribution in [1.29, 1.82) is 0 Å². The van der Waals surface area contributed by atoms with E-state index in [0.717, 1.165) is 0 Å². The first-order valence-corrected chi connectivity index (χ1v) is 11.9. The van der Waals surface area contributed by atoms with Gasteiger partial charge in [-0.1, -0.05) is 20.3 Å². The van der Waals surface area contributed by atoms with Crippen molar-refractivity contribution in [3.05, 3.63) is 0 Å². The zero-order chi connectivity index (χ0) is 27.8. The summed E-state index contributed by atoms with van der Waals surface area (Å²) >= 11 is 0. The smallest absolute Gasteiger partial charge is 0.326 e. The Hall–Kier alpha value is -3.26. The molecule has 14 heteroatoms. The lowest BCUT2D eigenvalue weighted by atomic mass is 9.98. The van der Waals surface area contributed by atoms with Crippen LogP contribution in [-0.4, -0.2) is 81.7 Å². The standard InChI is InChI=1S/C22H39N5O9/c1-3-12(2)18(24)21(34)26-13(6-4-5-11-23)19(32)25-14(7-9-16(28)29)20(33)27-15(22(35)36)8-10-17(30)31/h12-15,18H,3-11,23-24H2,1-2H3,(H,25,32)(H,26,34)(H,27,33)(H,28,29)(H,30,31)(H,35,36). The van der Waals surface area contributed by atoms with Crippen LogP contribution < -0.4 is 27.4 Å². The topological polar surface area (TPSA) is 251 Å². The zero-order valence-corrected chi connectivity index (χ0v) is 20.7. The van der Waals surface area contributed by atoms with Crippen LogP contribution in [-0.2, 0) is 28.8 Å². The van der Waals surface area contributed by atoms with Crippen molar-refractivity contribution < 1.29 is 44.1 Å². The highest BCUT2D eigenvalue weighted by molar-refractivity contribution is 5.94. The van der Waals surface area contributed by atoms with E-state index in [1.165, 1.54) is 0 Å². The van der Waals surface area contributed by atoms with E-state index >= 15 is 0 Å². The Morgan fingerprint density at radius 3 is 1.61 bits per heavy atom. The Labute approximate surface area is 209 Å². The average molecular weight is 518 g/mol. The Bertz CT molecular complexity index is 777. The molecule has 0 aliphatic heterocycles. The molecule has 0 bridgehead atoms. The number of hydrogen-bond donors (Lipinski definition) is 8. The molecule has 0 saturated heterocycles. The summed E-state index contributed by atoms with van der Waals surface area (Å²) in [4.78, 5) is 71.6. The van der Waals surface area contributed by atoms with Crippen LogP contribution in [0.1, 0.15) is 65.2 Å². The number of carbonyl (C=O) groups is 6. The van der Waals surface area contributed by atoms with E-state index in [1.54, 1.807) is 6.92 Å². The second kappa shape index (κ2) is 17.2. The summed E-state index contributed by atoms with van der Waals surface area (Å²) in [5.74, 6) is -6.51. The van der Waals surface area contributed by atoms with Crippen LogP contribution in [0.5, 0.6) is 0 Å². The Morgan fingerprint density at radius 2 is 1.17 bits per heavy atom. The summed E-state index contributed by atoms with van der Waals surface area (Å²) in [6.07, 6.45) is -0.00736. The van der Waals surface area contributed by atoms with Crippen molar-refractivity contribution in [1.82, 2.24) is 16.0 Å². The number of hydrogen-bond acceptors (Lipinski definition) is 8. The van der Waals surface area contributed by atoms with Crippen LogP contribution in [0, 0.1) is 5.92 Å². The van der Waals surface area contributed by atoms with Crippen molar-refractivity contribution in [2.24, 2.45) is 17.4 Å². The third kappa shape index (κ3) is 13.0. The van der Waals surface area contributed by atoms with Gasteiger partial charge in [0.05, 0.1) is 6.04 Å². The van der Waals surface area contributed by atoms with E-state index in [9.17, 15) is 33.9 Å². The molecule has 0 aromatic rings. The van der Waals surface area contributed by atoms with Gasteiger partial charge in [0, 0.05) is 12.8 Å². The third-order valence-corrected chi connectivity index (χ3v) is 5.68. The maximum Gasteiger partial charge on any atom is 0.326 e. The fourth-order valence-electron chi connectivity index (χ4n) is 3.15. The van der Waals surface area contributed by atoms with Crippen molar-refractivity contribution in [2.45, 2.75) is 89.4 Å². The number of aliphatic carboxylic acids is 3. The Balaban J connectivity index is 5.63. The molecule has 0 aliphatic rings. The number of amides is 3. The zero-order valence-electron chi connectivity index (χ0n) is 20.7. The van der Waals surface area contributed by atoms with Crippen LogP contribution >= 0.6 is 0 Å². The van der Waals surface area contributed by atoms with Crippen molar-refractivity contribution in [3.63, 3.8) is 0 Å². The number of carboxylic acid groups (broad SMARTS) is 3. The largest absolute Gasteiger partial charge is 0.481 e. The number of unbranched alkanes of at least 4 members (excludes halogenated alkanes) is 1. The molecular formula is C22H39N5O9. The Morgan fingerprint density at radius 1 is 0.722 bits per heavy atom. The molecule has 10 N–H and O–H groups in total. The van der Waals surface area contributed by atoms with Crippen LogP contribution in [0.4, 0.5) is 0 Å². The molecule has 3 amide bonds. The minimum Gasteiger partial charge on any atom is -0.481 e. The van der Waals surface area contributed by atoms with Crippen LogP contribution in [0.2, 0.25) is 0 Å². The fourth-order valence-corrected chi connectivity index (χ4v) is 3.15. The maximum absolute atomic E-state index is 13.0. The van der Waals surface area contributed by atoms with Crippen molar-refractivity contribution in [2.75, 3.05) is 6.54 Å². The van der Waals surface area contributed by atoms with Gasteiger partial charge in [-0.05, 0) is 44.6 Å². The van der Waals surface area contributed by atoms with Gasteiger partial charge in [0.15, 0.2) is 0 Å². The number of rotatable bonds is 19. The summed E-state index contributed by atoms with van der Waals surface area (Å²) in [7, 11) is 0. The van der Waals surface area contributed by atoms with E-state index < -0.39 is 79.1 Å². The number of carboxylic acids is 3. The normalized spacial score (nSPS) is 15.0. The molecule has 5 unspecified atom stereocenters. The summed E-state index contributed by atoms with van der Waals surface area (Å²) in [6.45, 7) is 3.99. The van der Waals surface area contributed by atoms with Gasteiger partial charge in [0.2, 0.25) is 17.7 Å². The van der Waals surface area contributed by atoms with Crippen LogP contribution in [0.3, 0.4) is 0 Å². The summed E-state index contributed by atoms with van der Waals surface area (Å²) in [5, 5.41) is 34.2. The molecule has 36 heavy (non-hydrogen) atoms. The molecule has 5 atom stereocenters. The molecule has 0 aromatic heterocycles. The molecule has 0 radical (unpaired) electrons. The molecular weight excluding hydrogens is 478 g/mol. The first-order chi connectivity index (χ1) is 16.8. The van der Waals surface area contributed by atoms with Crippen molar-refractivity contribution >= 4 is 35.6 Å². The lowest BCUT2D eigenvalue weighted by molar-refractivity contribution is -0.144. The highest BCUT2D eigenvalue weighted by Gasteiger charge is 2.31. The summed E-state index contributed by atoms with van der Waals surface area (Å²) < 4.78 is 0. The first-order valence-electron chi connectivity index (χ1n) is 11.9. The highest BCUT2D eigenvalue weighted by atomic mass is 16.4. The molecule has 206 valence electrons. The number of carbonyl (C=O) groups excluding carboxylic acids is 3. The second-order valence-electron chi connectivity index (χ2n) is 8.58. The first kappa shape index (κ1) is 32.7. The second-order valence-corrected chi connectivity index (χ2v) is 8.58. The van der Waals surface area contributed by atoms with Crippen LogP contribution in [0.25, 0.3) is 0 Å². The average Bonchev–Trinajstić information content (AvgIpc) is 2.81. The molecule has 0 rings (SSSR count). The SMILES string of the molecule is CCC(C)C(N)C(=O)NC(CCCCN)C(=O)NC(CCC(=O)O)C(=O)NC(CCC(=O)O)C(=O)O. The highest BCUT2D eigenvalue weighted by Crippen LogP contribution is 2.09. The minimum atomic E-state index is -1.56. The molecule has 0 aromatic carbocycles. The van der Waals surface area contributed by atoms with Gasteiger partial charge < -0.3 is 42.7 Å². The fraction of sp³-hybridized carbons (Fsp3) is 0.727. The van der Waals surface area contributed by atoms with E-state index in [4.69, 9.17) is 21.7 Å². The Kier molecular flexibility index (Phi) is 15.7. The number of nitrogens with two attached hydrogens (primary N) is 2. The molecule has 0 heterocycles. The van der Waals surface area contributed by atoms with E-state index in [0.29, 0.717) is 25.8 Å². The summed E-state index contributed by atoms with van der Waals surface area (Å²) in [6, 6.07) is -4.98. The third-order valence-electron chi connectivity index (χ3n) is 5.68. The quantitative estimate of drug-likeness (QED) is 0.0940. The lowest BCUT2D eigenvalue weighted by Crippen LogP contribution is -2.57. The maximum atomic E-state index is 13.0. The van der Waals surface area contributed by atoms with Gasteiger partial charge in [-0.3, -0.25) is 24.0 Å². The molecule has 0 aliphatic carbocycles. The molecule has 0 saturated carbocycles. The molecule has 0 spiro atoms. The van der Waals surface area contributed by atoms with Gasteiger partial charge in [-0.25, -0.2) is 4.79 Å². The van der Waals surface area contributed by atoms with E-state index in [-0.39, 0.29) is 18.8 Å². The van der Waals surface area contributed by atoms with Gasteiger partial charge >= 0.3 is 17.9 Å². The van der Waals surface area contributed by atoms with E-state index in [1.807, 2.05) is 6.92 Å². The predicted octanol–water partition coefficient (Wildman–Crippen LogP) is -1.24. The minimum absolute atomic E-state index is 0.161. The van der Waals surface area contributed by atoms with Gasteiger partial charge in [0.1, 0.15) is 18.1 Å². The molecule has 0 fully saturated rings. The van der Waals surface area contributed by atoms with Gasteiger partial charge in [0.25, 0.3) is 0 Å². The van der Waals surface area contributed by atoms with E-state index in [2.05, 4.69) is 16.0 Å². The predicted molar refractivity (Wildman–Crippen MR) is 128 cm³/mol. The number of nitrogens with one attached hydrogen (secondary N) is 3. The van der Waals surface area contributed by atoms with Crippen LogP contribution in [0.15, 0.2) is 0 Å². The van der Waals surface area contributed by atoms with Gasteiger partial charge in [-0.15, -0.1) is 0 Å². The van der Waals surface area contributed by atoms with Gasteiger partial charge in [-0.2, -0.15) is 0 Å². The summed E-state index contributed by atoms with van der Waals surface area (Å²) in [5.41, 5.74) is 11.4.